The Bertz CT molecular complexity index is 681. The summed E-state index contributed by atoms with van der Waals surface area (Å²) in [5.74, 6) is 1.66. The van der Waals surface area contributed by atoms with Crippen LogP contribution in [-0.4, -0.2) is 11.8 Å². The molecule has 116 valence electrons. The van der Waals surface area contributed by atoms with Gasteiger partial charge in [-0.2, -0.15) is 0 Å². The van der Waals surface area contributed by atoms with Crippen molar-refractivity contribution in [1.82, 2.24) is 0 Å². The van der Waals surface area contributed by atoms with Gasteiger partial charge in [0.15, 0.2) is 5.75 Å². The number of halogens is 3. The number of rotatable bonds is 5. The first-order valence-electron chi connectivity index (χ1n) is 6.54. The Kier molecular flexibility index (Phi) is 6.90. The van der Waals surface area contributed by atoms with Crippen molar-refractivity contribution in [2.45, 2.75) is 19.4 Å². The quantitative estimate of drug-likeness (QED) is 0.485. The molecule has 0 spiro atoms. The number of ketones is 1. The van der Waals surface area contributed by atoms with Crippen LogP contribution >= 0.6 is 67.8 Å². The van der Waals surface area contributed by atoms with Crippen LogP contribution in [0.15, 0.2) is 36.4 Å². The van der Waals surface area contributed by atoms with Crippen LogP contribution in [0, 0.1) is 10.7 Å². The highest BCUT2D eigenvalue weighted by molar-refractivity contribution is 14.1. The van der Waals surface area contributed by atoms with Gasteiger partial charge in [-0.05, 0) is 117 Å². The number of carbonyl (C=O) groups is 1. The zero-order valence-corrected chi connectivity index (χ0v) is 18.2. The van der Waals surface area contributed by atoms with Crippen molar-refractivity contribution in [3.8, 4) is 11.5 Å². The minimum Gasteiger partial charge on any atom is -0.455 e. The van der Waals surface area contributed by atoms with Crippen LogP contribution in [0.4, 0.5) is 0 Å². The van der Waals surface area contributed by atoms with E-state index in [1.54, 1.807) is 0 Å². The first kappa shape index (κ1) is 18.4. The van der Waals surface area contributed by atoms with E-state index < -0.39 is 6.04 Å². The molecular weight excluding hydrogens is 619 g/mol. The number of carbonyl (C=O) groups excluding carboxylic acids is 1. The zero-order valence-electron chi connectivity index (χ0n) is 11.8. The molecule has 0 heterocycles. The van der Waals surface area contributed by atoms with Crippen LogP contribution < -0.4 is 10.5 Å². The molecule has 6 heteroatoms. The molecule has 0 aliphatic carbocycles. The van der Waals surface area contributed by atoms with E-state index in [0.29, 0.717) is 6.42 Å². The van der Waals surface area contributed by atoms with Gasteiger partial charge < -0.3 is 10.5 Å². The first-order chi connectivity index (χ1) is 10.4. The van der Waals surface area contributed by atoms with Gasteiger partial charge in [0, 0.05) is 3.57 Å². The lowest BCUT2D eigenvalue weighted by molar-refractivity contribution is -0.118. The fourth-order valence-electron chi connectivity index (χ4n) is 1.87. The third kappa shape index (κ3) is 5.03. The van der Waals surface area contributed by atoms with Gasteiger partial charge in [-0.15, -0.1) is 0 Å². The Morgan fingerprint density at radius 3 is 2.36 bits per heavy atom. The van der Waals surface area contributed by atoms with Crippen LogP contribution in [0.2, 0.25) is 0 Å². The molecule has 0 radical (unpaired) electrons. The van der Waals surface area contributed by atoms with Gasteiger partial charge in [-0.3, -0.25) is 4.79 Å². The Morgan fingerprint density at radius 1 is 1.18 bits per heavy atom. The third-order valence-corrected chi connectivity index (χ3v) is 5.33. The highest BCUT2D eigenvalue weighted by Crippen LogP contribution is 2.33. The van der Waals surface area contributed by atoms with Crippen LogP contribution in [0.1, 0.15) is 12.5 Å². The van der Waals surface area contributed by atoms with Crippen molar-refractivity contribution in [2.24, 2.45) is 5.73 Å². The number of hydrogen-bond donors (Lipinski definition) is 1. The molecule has 0 bridgehead atoms. The highest BCUT2D eigenvalue weighted by Gasteiger charge is 2.14. The van der Waals surface area contributed by atoms with Gasteiger partial charge in [0.05, 0.1) is 13.2 Å². The molecular formula is C16H14I3NO2. The topological polar surface area (TPSA) is 52.3 Å². The summed E-state index contributed by atoms with van der Waals surface area (Å²) in [5.41, 5.74) is 6.89. The van der Waals surface area contributed by atoms with Crippen LogP contribution in [0.5, 0.6) is 11.5 Å². The standard InChI is InChI=1S/C16H14I3NO2/c1-9(21)15(20)7-10-5-13(18)16(14(19)6-10)22-12-4-2-3-11(17)8-12/h2-6,8,15H,7,20H2,1H3/t15-/m1/s1. The summed E-state index contributed by atoms with van der Waals surface area (Å²) < 4.78 is 9.16. The van der Waals surface area contributed by atoms with Crippen LogP contribution in [0.3, 0.4) is 0 Å². The average molecular weight is 633 g/mol. The fraction of sp³-hybridized carbons (Fsp3) is 0.188. The normalized spacial score (nSPS) is 12.0. The van der Waals surface area contributed by atoms with E-state index in [1.807, 2.05) is 36.4 Å². The second-order valence-electron chi connectivity index (χ2n) is 4.87. The monoisotopic (exact) mass is 633 g/mol. The first-order valence-corrected chi connectivity index (χ1v) is 9.78. The van der Waals surface area contributed by atoms with Crippen molar-refractivity contribution in [1.29, 1.82) is 0 Å². The molecule has 0 saturated heterocycles. The van der Waals surface area contributed by atoms with Gasteiger partial charge >= 0.3 is 0 Å². The van der Waals surface area contributed by atoms with Crippen molar-refractivity contribution in [2.75, 3.05) is 0 Å². The highest BCUT2D eigenvalue weighted by atomic mass is 127. The molecule has 22 heavy (non-hydrogen) atoms. The van der Waals surface area contributed by atoms with Gasteiger partial charge in [0.25, 0.3) is 0 Å². The van der Waals surface area contributed by atoms with Gasteiger partial charge in [-0.25, -0.2) is 0 Å². The molecule has 0 aliphatic heterocycles. The number of nitrogens with two attached hydrogens (primary N) is 1. The molecule has 0 fully saturated rings. The van der Waals surface area contributed by atoms with E-state index in [0.717, 1.165) is 27.8 Å². The minimum absolute atomic E-state index is 0.00389. The number of hydrogen-bond acceptors (Lipinski definition) is 3. The van der Waals surface area contributed by atoms with Gasteiger partial charge in [-0.1, -0.05) is 6.07 Å². The molecule has 3 nitrogen and oxygen atoms in total. The Balaban J connectivity index is 2.25. The minimum atomic E-state index is -0.450. The van der Waals surface area contributed by atoms with Crippen molar-refractivity contribution < 1.29 is 9.53 Å². The SMILES string of the molecule is CC(=O)[C@H](N)Cc1cc(I)c(Oc2cccc(I)c2)c(I)c1. The molecule has 2 aromatic rings. The number of Topliss-reactive ketones (excluding diaryl/α,β-unsaturated/α-hetero) is 1. The molecule has 0 amide bonds. The lowest BCUT2D eigenvalue weighted by Gasteiger charge is -2.14. The molecule has 0 unspecified atom stereocenters. The maximum Gasteiger partial charge on any atom is 0.154 e. The second kappa shape index (κ2) is 8.25. The van der Waals surface area contributed by atoms with E-state index in [-0.39, 0.29) is 5.78 Å². The van der Waals surface area contributed by atoms with Gasteiger partial charge in [0.2, 0.25) is 0 Å². The molecule has 2 N–H and O–H groups in total. The molecule has 2 aromatic carbocycles. The summed E-state index contributed by atoms with van der Waals surface area (Å²) in [6.45, 7) is 1.52. The molecule has 0 saturated carbocycles. The summed E-state index contributed by atoms with van der Waals surface area (Å²) in [5, 5.41) is 0. The largest absolute Gasteiger partial charge is 0.455 e. The molecule has 0 aliphatic rings. The maximum atomic E-state index is 11.3. The maximum absolute atomic E-state index is 11.3. The summed E-state index contributed by atoms with van der Waals surface area (Å²) in [4.78, 5) is 11.3. The lowest BCUT2D eigenvalue weighted by atomic mass is 10.0. The van der Waals surface area contributed by atoms with Crippen LogP contribution in [-0.2, 0) is 11.2 Å². The smallest absolute Gasteiger partial charge is 0.154 e. The molecule has 0 aromatic heterocycles. The lowest BCUT2D eigenvalue weighted by Crippen LogP contribution is -2.30. The number of benzene rings is 2. The van der Waals surface area contributed by atoms with E-state index >= 15 is 0 Å². The Morgan fingerprint density at radius 2 is 1.82 bits per heavy atom. The van der Waals surface area contributed by atoms with Crippen molar-refractivity contribution in [3.63, 3.8) is 0 Å². The van der Waals surface area contributed by atoms with E-state index in [9.17, 15) is 4.79 Å². The summed E-state index contributed by atoms with van der Waals surface area (Å²) in [6.07, 6.45) is 0.546. The summed E-state index contributed by atoms with van der Waals surface area (Å²) in [6, 6.07) is 11.5. The van der Waals surface area contributed by atoms with E-state index in [2.05, 4.69) is 67.8 Å². The average Bonchev–Trinajstić information content (AvgIpc) is 2.43. The second-order valence-corrected chi connectivity index (χ2v) is 8.44. The van der Waals surface area contributed by atoms with Crippen LogP contribution in [0.25, 0.3) is 0 Å². The van der Waals surface area contributed by atoms with Crippen molar-refractivity contribution in [3.05, 3.63) is 52.7 Å². The van der Waals surface area contributed by atoms with Crippen molar-refractivity contribution >= 4 is 73.6 Å². The predicted octanol–water partition coefficient (Wildman–Crippen LogP) is 4.75. The fourth-order valence-corrected chi connectivity index (χ4v) is 4.51. The van der Waals surface area contributed by atoms with Gasteiger partial charge in [0.1, 0.15) is 11.5 Å². The Hall–Kier alpha value is 0.0600. The van der Waals surface area contributed by atoms with E-state index in [1.165, 1.54) is 6.92 Å². The number of ether oxygens (including phenoxy) is 1. The summed E-state index contributed by atoms with van der Waals surface area (Å²) >= 11 is 6.77. The molecule has 2 rings (SSSR count). The Labute approximate surface area is 170 Å². The zero-order chi connectivity index (χ0) is 16.3. The third-order valence-electron chi connectivity index (χ3n) is 3.05. The summed E-state index contributed by atoms with van der Waals surface area (Å²) in [7, 11) is 0. The predicted molar refractivity (Wildman–Crippen MR) is 113 cm³/mol. The molecule has 1 atom stereocenters. The van der Waals surface area contributed by atoms with E-state index in [4.69, 9.17) is 10.5 Å².